The molecule has 3 nitrogen and oxygen atoms in total. The monoisotopic (exact) mass is 259 g/mol. The number of nitrogens with zero attached hydrogens (tertiary/aromatic N) is 1. The molecule has 18 heavy (non-hydrogen) atoms. The zero-order valence-electron chi connectivity index (χ0n) is 9.80. The smallest absolute Gasteiger partial charge is 0.134 e. The molecule has 1 aromatic carbocycles. The Labute approximate surface area is 109 Å². The molecule has 0 atom stereocenters. The number of para-hydroxylation sites is 1. The summed E-state index contributed by atoms with van der Waals surface area (Å²) in [5, 5.41) is 12.9. The molecule has 0 amide bonds. The van der Waals surface area contributed by atoms with Gasteiger partial charge in [-0.15, -0.1) is 11.3 Å². The van der Waals surface area contributed by atoms with Gasteiger partial charge in [0.2, 0.25) is 0 Å². The van der Waals surface area contributed by atoms with Gasteiger partial charge in [0.05, 0.1) is 11.3 Å². The Hall–Kier alpha value is -1.65. The van der Waals surface area contributed by atoms with Crippen molar-refractivity contribution in [2.24, 2.45) is 0 Å². The lowest BCUT2D eigenvalue weighted by atomic mass is 10.2. The first-order valence-corrected chi connectivity index (χ1v) is 6.78. The van der Waals surface area contributed by atoms with Gasteiger partial charge in [0.1, 0.15) is 16.9 Å². The van der Waals surface area contributed by atoms with Gasteiger partial charge in [-0.1, -0.05) is 18.2 Å². The van der Waals surface area contributed by atoms with Crippen LogP contribution in [0, 0.1) is 0 Å². The van der Waals surface area contributed by atoms with E-state index in [1.54, 1.807) is 17.6 Å². The number of benzene rings is 1. The number of aliphatic hydroxyl groups is 1. The molecule has 3 rings (SSSR count). The summed E-state index contributed by atoms with van der Waals surface area (Å²) in [7, 11) is 0. The van der Waals surface area contributed by atoms with Crippen LogP contribution in [0.3, 0.4) is 0 Å². The fourth-order valence-electron chi connectivity index (χ4n) is 1.95. The number of hydrogen-bond donors (Lipinski definition) is 1. The van der Waals surface area contributed by atoms with Gasteiger partial charge in [-0.25, -0.2) is 4.98 Å². The van der Waals surface area contributed by atoms with Crippen LogP contribution in [0.4, 0.5) is 0 Å². The first-order valence-electron chi connectivity index (χ1n) is 5.90. The molecule has 1 N–H and O–H groups in total. The van der Waals surface area contributed by atoms with E-state index < -0.39 is 0 Å². The van der Waals surface area contributed by atoms with E-state index >= 15 is 0 Å². The number of rotatable bonds is 4. The van der Waals surface area contributed by atoms with Crippen LogP contribution in [0.15, 0.2) is 40.3 Å². The number of aromatic nitrogens is 1. The molecule has 92 valence electrons. The van der Waals surface area contributed by atoms with E-state index in [1.165, 1.54) is 0 Å². The highest BCUT2D eigenvalue weighted by Gasteiger charge is 2.11. The standard InChI is InChI=1S/C14H13NO2S/c16-7-3-4-10-9-18-14(15-10)12-8-17-13-6-2-1-5-11(12)13/h1-2,5-6,8-9,16H,3-4,7H2. The van der Waals surface area contributed by atoms with Gasteiger partial charge in [0.25, 0.3) is 0 Å². The van der Waals surface area contributed by atoms with Crippen LogP contribution >= 0.6 is 11.3 Å². The molecule has 0 bridgehead atoms. The average Bonchev–Trinajstić information content (AvgIpc) is 3.02. The van der Waals surface area contributed by atoms with E-state index in [9.17, 15) is 0 Å². The number of aryl methyl sites for hydroxylation is 1. The lowest BCUT2D eigenvalue weighted by Crippen LogP contribution is -1.89. The first kappa shape index (κ1) is 11.4. The summed E-state index contributed by atoms with van der Waals surface area (Å²) in [6, 6.07) is 7.97. The van der Waals surface area contributed by atoms with Crippen LogP contribution < -0.4 is 0 Å². The van der Waals surface area contributed by atoms with Gasteiger partial charge in [-0.3, -0.25) is 0 Å². The minimum atomic E-state index is 0.210. The van der Waals surface area contributed by atoms with E-state index in [0.29, 0.717) is 0 Å². The van der Waals surface area contributed by atoms with Crippen molar-refractivity contribution in [1.82, 2.24) is 4.98 Å². The molecule has 0 unspecified atom stereocenters. The lowest BCUT2D eigenvalue weighted by Gasteiger charge is -1.93. The Morgan fingerprint density at radius 2 is 2.17 bits per heavy atom. The third-order valence-electron chi connectivity index (χ3n) is 2.85. The van der Waals surface area contributed by atoms with Crippen LogP contribution in [0.1, 0.15) is 12.1 Å². The van der Waals surface area contributed by atoms with Crippen LogP contribution in [0.25, 0.3) is 21.5 Å². The Balaban J connectivity index is 1.96. The second-order valence-corrected chi connectivity index (χ2v) is 4.97. The van der Waals surface area contributed by atoms with Crippen molar-refractivity contribution < 1.29 is 9.52 Å². The molecule has 0 saturated carbocycles. The Bertz CT molecular complexity index is 656. The van der Waals surface area contributed by atoms with Crippen LogP contribution in [0.2, 0.25) is 0 Å². The summed E-state index contributed by atoms with van der Waals surface area (Å²) < 4.78 is 5.52. The van der Waals surface area contributed by atoms with Gasteiger partial charge < -0.3 is 9.52 Å². The Morgan fingerprint density at radius 3 is 3.06 bits per heavy atom. The summed E-state index contributed by atoms with van der Waals surface area (Å²) in [5.74, 6) is 0. The molecule has 0 spiro atoms. The largest absolute Gasteiger partial charge is 0.464 e. The van der Waals surface area contributed by atoms with Gasteiger partial charge in [0, 0.05) is 17.4 Å². The van der Waals surface area contributed by atoms with E-state index in [2.05, 4.69) is 4.98 Å². The highest BCUT2D eigenvalue weighted by molar-refractivity contribution is 7.13. The number of fused-ring (bicyclic) bond motifs is 1. The quantitative estimate of drug-likeness (QED) is 0.780. The molecule has 0 aliphatic carbocycles. The van der Waals surface area contributed by atoms with Gasteiger partial charge in [-0.2, -0.15) is 0 Å². The summed E-state index contributed by atoms with van der Waals surface area (Å²) in [5.41, 5.74) is 2.97. The van der Waals surface area contributed by atoms with Crippen molar-refractivity contribution in [3.8, 4) is 10.6 Å². The molecule has 0 aliphatic rings. The maximum atomic E-state index is 8.82. The summed E-state index contributed by atoms with van der Waals surface area (Å²) in [6.07, 6.45) is 3.34. The Kier molecular flexibility index (Phi) is 3.13. The minimum absolute atomic E-state index is 0.210. The van der Waals surface area contributed by atoms with E-state index in [1.807, 2.05) is 29.6 Å². The molecule has 2 heterocycles. The predicted octanol–water partition coefficient (Wildman–Crippen LogP) is 3.48. The second kappa shape index (κ2) is 4.92. The third kappa shape index (κ3) is 2.05. The zero-order chi connectivity index (χ0) is 12.4. The zero-order valence-corrected chi connectivity index (χ0v) is 10.6. The fraction of sp³-hybridized carbons (Fsp3) is 0.214. The molecular formula is C14H13NO2S. The second-order valence-electron chi connectivity index (χ2n) is 4.12. The van der Waals surface area contributed by atoms with E-state index in [4.69, 9.17) is 9.52 Å². The number of furan rings is 1. The molecule has 4 heteroatoms. The van der Waals surface area contributed by atoms with Crippen LogP contribution in [-0.4, -0.2) is 16.7 Å². The molecule has 2 aromatic heterocycles. The number of thiazole rings is 1. The van der Waals surface area contributed by atoms with Crippen molar-refractivity contribution in [3.05, 3.63) is 41.6 Å². The van der Waals surface area contributed by atoms with E-state index in [0.717, 1.165) is 40.1 Å². The minimum Gasteiger partial charge on any atom is -0.464 e. The summed E-state index contributed by atoms with van der Waals surface area (Å²) in [6.45, 7) is 0.210. The normalized spacial score (nSPS) is 11.2. The van der Waals surface area contributed by atoms with Crippen molar-refractivity contribution in [1.29, 1.82) is 0 Å². The van der Waals surface area contributed by atoms with Gasteiger partial charge >= 0.3 is 0 Å². The van der Waals surface area contributed by atoms with Gasteiger partial charge in [-0.05, 0) is 18.9 Å². The number of hydrogen-bond acceptors (Lipinski definition) is 4. The lowest BCUT2D eigenvalue weighted by molar-refractivity contribution is 0.288. The highest BCUT2D eigenvalue weighted by Crippen LogP contribution is 2.32. The maximum Gasteiger partial charge on any atom is 0.134 e. The highest BCUT2D eigenvalue weighted by atomic mass is 32.1. The van der Waals surface area contributed by atoms with Crippen molar-refractivity contribution in [2.45, 2.75) is 12.8 Å². The molecule has 0 saturated heterocycles. The summed E-state index contributed by atoms with van der Waals surface area (Å²) >= 11 is 1.62. The maximum absolute atomic E-state index is 8.82. The fourth-order valence-corrected chi connectivity index (χ4v) is 2.82. The number of aliphatic hydroxyl groups excluding tert-OH is 1. The molecule has 0 fully saturated rings. The summed E-state index contributed by atoms with van der Waals surface area (Å²) in [4.78, 5) is 4.59. The van der Waals surface area contributed by atoms with Crippen molar-refractivity contribution in [2.75, 3.05) is 6.61 Å². The average molecular weight is 259 g/mol. The molecule has 0 aliphatic heterocycles. The van der Waals surface area contributed by atoms with Crippen LogP contribution in [-0.2, 0) is 6.42 Å². The molecular weight excluding hydrogens is 246 g/mol. The topological polar surface area (TPSA) is 46.3 Å². The Morgan fingerprint density at radius 1 is 1.28 bits per heavy atom. The van der Waals surface area contributed by atoms with Gasteiger partial charge in [0.15, 0.2) is 0 Å². The van der Waals surface area contributed by atoms with Crippen molar-refractivity contribution in [3.63, 3.8) is 0 Å². The SMILES string of the molecule is OCCCc1csc(-c2coc3ccccc23)n1. The molecule has 0 radical (unpaired) electrons. The van der Waals surface area contributed by atoms with Crippen molar-refractivity contribution >= 4 is 22.3 Å². The van der Waals surface area contributed by atoms with Crippen LogP contribution in [0.5, 0.6) is 0 Å². The predicted molar refractivity (Wildman–Crippen MR) is 72.7 cm³/mol. The van der Waals surface area contributed by atoms with E-state index in [-0.39, 0.29) is 6.61 Å². The molecule has 3 aromatic rings. The first-order chi connectivity index (χ1) is 8.88. The third-order valence-corrected chi connectivity index (χ3v) is 3.78.